The van der Waals surface area contributed by atoms with Crippen molar-refractivity contribution in [2.75, 3.05) is 50.5 Å². The molecule has 0 aliphatic carbocycles. The number of halogens is 4. The van der Waals surface area contributed by atoms with Crippen LogP contribution in [0.25, 0.3) is 11.1 Å². The zero-order valence-corrected chi connectivity index (χ0v) is 19.0. The first kappa shape index (κ1) is 25.3. The number of hydrogen-bond donors (Lipinski definition) is 2. The number of carbonyl (C=O) groups is 1. The second-order valence-corrected chi connectivity index (χ2v) is 7.99. The lowest BCUT2D eigenvalue weighted by Gasteiger charge is -2.26. The fourth-order valence-electron chi connectivity index (χ4n) is 3.59. The lowest BCUT2D eigenvalue weighted by atomic mass is 10.0. The lowest BCUT2D eigenvalue weighted by molar-refractivity contribution is -0.137. The molecule has 1 aromatic heterocycles. The number of carbonyl (C=O) groups excluding carboxylic acids is 1. The van der Waals surface area contributed by atoms with Crippen LogP contribution in [-0.2, 0) is 10.9 Å². The largest absolute Gasteiger partial charge is 0.490 e. The van der Waals surface area contributed by atoms with Gasteiger partial charge < -0.3 is 20.5 Å². The third kappa shape index (κ3) is 6.26. The molecule has 0 unspecified atom stereocenters. The molecule has 3 N–H and O–H groups in total. The molecular weight excluding hydrogens is 482 g/mol. The van der Waals surface area contributed by atoms with Gasteiger partial charge in [-0.2, -0.15) is 13.2 Å². The Morgan fingerprint density at radius 3 is 2.50 bits per heavy atom. The molecule has 2 heterocycles. The van der Waals surface area contributed by atoms with Gasteiger partial charge in [0.15, 0.2) is 0 Å². The van der Waals surface area contributed by atoms with Crippen molar-refractivity contribution in [2.45, 2.75) is 6.18 Å². The first-order valence-corrected chi connectivity index (χ1v) is 11.0. The molecule has 190 valence electrons. The molecule has 0 radical (unpaired) electrons. The number of nitrogens with two attached hydrogens (primary N) is 1. The van der Waals surface area contributed by atoms with Crippen LogP contribution in [0.4, 0.5) is 29.2 Å². The molecule has 1 amide bonds. The van der Waals surface area contributed by atoms with Gasteiger partial charge in [0, 0.05) is 37.6 Å². The average molecular weight is 505 g/mol. The third-order valence-corrected chi connectivity index (χ3v) is 5.54. The molecule has 0 bridgehead atoms. The Bertz CT molecular complexity index is 1220. The molecule has 36 heavy (non-hydrogen) atoms. The van der Waals surface area contributed by atoms with E-state index in [1.807, 2.05) is 0 Å². The fraction of sp³-hybridized carbons (Fsp3) is 0.292. The van der Waals surface area contributed by atoms with E-state index in [9.17, 15) is 22.4 Å². The highest BCUT2D eigenvalue weighted by atomic mass is 19.4. The maximum absolute atomic E-state index is 14.5. The van der Waals surface area contributed by atoms with Crippen LogP contribution in [0.3, 0.4) is 0 Å². The summed E-state index contributed by atoms with van der Waals surface area (Å²) in [6.07, 6.45) is -1.83. The number of hydrogen-bond acceptors (Lipinski definition) is 7. The van der Waals surface area contributed by atoms with Gasteiger partial charge in [0.05, 0.1) is 30.0 Å². The van der Waals surface area contributed by atoms with E-state index in [1.165, 1.54) is 24.5 Å². The summed E-state index contributed by atoms with van der Waals surface area (Å²) in [5, 5.41) is 2.37. The summed E-state index contributed by atoms with van der Waals surface area (Å²) in [7, 11) is 0. The van der Waals surface area contributed by atoms with Gasteiger partial charge in [-0.3, -0.25) is 9.69 Å². The SMILES string of the molecule is Nc1ncc(-c2ccc(F)c(C(=O)Nc3cc(C(F)(F)F)ccc3OCCN3CCOCC3)c2)cn1. The number of nitrogens with one attached hydrogen (secondary N) is 1. The van der Waals surface area contributed by atoms with E-state index in [-0.39, 0.29) is 29.6 Å². The van der Waals surface area contributed by atoms with Crippen LogP contribution in [0.1, 0.15) is 15.9 Å². The van der Waals surface area contributed by atoms with E-state index in [0.29, 0.717) is 44.0 Å². The van der Waals surface area contributed by atoms with Crippen LogP contribution < -0.4 is 15.8 Å². The van der Waals surface area contributed by atoms with E-state index < -0.39 is 23.5 Å². The van der Waals surface area contributed by atoms with Crippen LogP contribution in [0.5, 0.6) is 5.75 Å². The quantitative estimate of drug-likeness (QED) is 0.471. The zero-order chi connectivity index (χ0) is 25.7. The number of nitrogens with zero attached hydrogens (tertiary/aromatic N) is 3. The van der Waals surface area contributed by atoms with Gasteiger partial charge in [0.2, 0.25) is 5.95 Å². The molecular formula is C24H23F4N5O3. The second-order valence-electron chi connectivity index (χ2n) is 7.99. The fourth-order valence-corrected chi connectivity index (χ4v) is 3.59. The summed E-state index contributed by atoms with van der Waals surface area (Å²) in [5.74, 6) is -1.71. The zero-order valence-electron chi connectivity index (χ0n) is 19.0. The van der Waals surface area contributed by atoms with Crippen molar-refractivity contribution in [3.8, 4) is 16.9 Å². The van der Waals surface area contributed by atoms with Crippen molar-refractivity contribution < 1.29 is 31.8 Å². The van der Waals surface area contributed by atoms with Gasteiger partial charge in [-0.1, -0.05) is 6.07 Å². The lowest BCUT2D eigenvalue weighted by Crippen LogP contribution is -2.38. The normalized spacial score (nSPS) is 14.4. The van der Waals surface area contributed by atoms with Crippen LogP contribution >= 0.6 is 0 Å². The Morgan fingerprint density at radius 1 is 1.08 bits per heavy atom. The minimum atomic E-state index is -4.65. The summed E-state index contributed by atoms with van der Waals surface area (Å²) < 4.78 is 65.5. The van der Waals surface area contributed by atoms with Gasteiger partial charge in [-0.05, 0) is 35.9 Å². The molecule has 1 saturated heterocycles. The van der Waals surface area contributed by atoms with Crippen LogP contribution in [0.2, 0.25) is 0 Å². The highest BCUT2D eigenvalue weighted by Gasteiger charge is 2.31. The number of amides is 1. The van der Waals surface area contributed by atoms with Crippen molar-refractivity contribution >= 4 is 17.5 Å². The average Bonchev–Trinajstić information content (AvgIpc) is 2.85. The molecule has 8 nitrogen and oxygen atoms in total. The van der Waals surface area contributed by atoms with Gasteiger partial charge in [-0.25, -0.2) is 14.4 Å². The Kier molecular flexibility index (Phi) is 7.65. The number of anilines is 2. The van der Waals surface area contributed by atoms with Gasteiger partial charge in [0.25, 0.3) is 5.91 Å². The molecule has 12 heteroatoms. The van der Waals surface area contributed by atoms with E-state index in [1.54, 1.807) is 0 Å². The topological polar surface area (TPSA) is 103 Å². The van der Waals surface area contributed by atoms with E-state index in [2.05, 4.69) is 20.2 Å². The Balaban J connectivity index is 1.56. The molecule has 1 aliphatic heterocycles. The van der Waals surface area contributed by atoms with Crippen LogP contribution in [-0.4, -0.2) is 60.2 Å². The first-order valence-electron chi connectivity index (χ1n) is 11.0. The molecule has 3 aromatic rings. The minimum absolute atomic E-state index is 0.0353. The number of nitrogen functional groups attached to an aromatic ring is 1. The highest BCUT2D eigenvalue weighted by molar-refractivity contribution is 6.06. The summed E-state index contributed by atoms with van der Waals surface area (Å²) in [5.41, 5.74) is 4.80. The molecule has 1 fully saturated rings. The Labute approximate surface area is 204 Å². The van der Waals surface area contributed by atoms with Crippen molar-refractivity contribution in [2.24, 2.45) is 0 Å². The molecule has 0 saturated carbocycles. The molecule has 0 spiro atoms. The third-order valence-electron chi connectivity index (χ3n) is 5.54. The molecule has 1 aliphatic rings. The maximum Gasteiger partial charge on any atom is 0.416 e. The van der Waals surface area contributed by atoms with Crippen molar-refractivity contribution in [3.05, 3.63) is 65.7 Å². The van der Waals surface area contributed by atoms with Gasteiger partial charge in [0.1, 0.15) is 18.2 Å². The predicted octanol–water partition coefficient (Wildman–Crippen LogP) is 3.85. The molecule has 2 aromatic carbocycles. The van der Waals surface area contributed by atoms with E-state index in [4.69, 9.17) is 15.2 Å². The second kappa shape index (κ2) is 10.9. The van der Waals surface area contributed by atoms with E-state index >= 15 is 0 Å². The molecule has 0 atom stereocenters. The number of rotatable bonds is 7. The number of ether oxygens (including phenoxy) is 2. The predicted molar refractivity (Wildman–Crippen MR) is 124 cm³/mol. The summed E-state index contributed by atoms with van der Waals surface area (Å²) >= 11 is 0. The summed E-state index contributed by atoms with van der Waals surface area (Å²) in [6, 6.07) is 6.51. The number of benzene rings is 2. The van der Waals surface area contributed by atoms with Crippen molar-refractivity contribution in [1.29, 1.82) is 0 Å². The molecule has 4 rings (SSSR count). The summed E-state index contributed by atoms with van der Waals surface area (Å²) in [4.78, 5) is 22.8. The minimum Gasteiger partial charge on any atom is -0.490 e. The monoisotopic (exact) mass is 505 g/mol. The maximum atomic E-state index is 14.5. The number of aromatic nitrogens is 2. The smallest absolute Gasteiger partial charge is 0.416 e. The van der Waals surface area contributed by atoms with Gasteiger partial charge in [-0.15, -0.1) is 0 Å². The van der Waals surface area contributed by atoms with E-state index in [0.717, 1.165) is 24.3 Å². The first-order chi connectivity index (χ1) is 17.2. The van der Waals surface area contributed by atoms with Gasteiger partial charge >= 0.3 is 6.18 Å². The van der Waals surface area contributed by atoms with Crippen molar-refractivity contribution in [1.82, 2.24) is 14.9 Å². The van der Waals surface area contributed by atoms with Crippen LogP contribution in [0.15, 0.2) is 48.8 Å². The standard InChI is InChI=1S/C24H23F4N5O3/c25-19-3-1-15(16-13-30-23(29)31-14-16)11-18(19)22(34)32-20-12-17(24(26,27)28)2-4-21(20)36-10-7-33-5-8-35-9-6-33/h1-4,11-14H,5-10H2,(H,32,34)(H2,29,30,31). The number of alkyl halides is 3. The Morgan fingerprint density at radius 2 is 1.81 bits per heavy atom. The summed E-state index contributed by atoms with van der Waals surface area (Å²) in [6.45, 7) is 3.32. The Hall–Kier alpha value is -3.77. The van der Waals surface area contributed by atoms with Crippen LogP contribution in [0, 0.1) is 5.82 Å². The highest BCUT2D eigenvalue weighted by Crippen LogP contribution is 2.35. The number of morpholine rings is 1. The van der Waals surface area contributed by atoms with Crippen molar-refractivity contribution in [3.63, 3.8) is 0 Å².